The molecule has 0 N–H and O–H groups in total. The van der Waals surface area contributed by atoms with Crippen LogP contribution in [0.1, 0.15) is 16.7 Å². The third-order valence-electron chi connectivity index (χ3n) is 5.19. The molecule has 1 fully saturated rings. The van der Waals surface area contributed by atoms with Gasteiger partial charge in [0.2, 0.25) is 0 Å². The molecule has 178 valence electrons. The monoisotopic (exact) mass is 494 g/mol. The highest BCUT2D eigenvalue weighted by Crippen LogP contribution is 2.35. The summed E-state index contributed by atoms with van der Waals surface area (Å²) in [5.41, 5.74) is 1.60. The fourth-order valence-corrected chi connectivity index (χ4v) is 4.19. The van der Waals surface area contributed by atoms with E-state index in [1.54, 1.807) is 48.5 Å². The van der Waals surface area contributed by atoms with Crippen molar-refractivity contribution in [3.05, 3.63) is 104 Å². The van der Waals surface area contributed by atoms with Gasteiger partial charge in [0.25, 0.3) is 16.8 Å². The van der Waals surface area contributed by atoms with Gasteiger partial charge in [0.1, 0.15) is 12.4 Å². The number of rotatable bonds is 8. The summed E-state index contributed by atoms with van der Waals surface area (Å²) in [5, 5.41) is 10.3. The van der Waals surface area contributed by atoms with E-state index in [1.165, 1.54) is 31.4 Å². The summed E-state index contributed by atoms with van der Waals surface area (Å²) in [6, 6.07) is 17.0. The molecule has 0 bridgehead atoms. The Balaban J connectivity index is 1.47. The van der Waals surface area contributed by atoms with Crippen molar-refractivity contribution in [2.24, 2.45) is 0 Å². The number of methoxy groups -OCH3 is 1. The normalized spacial score (nSPS) is 14.5. The zero-order chi connectivity index (χ0) is 24.9. The van der Waals surface area contributed by atoms with Gasteiger partial charge in [-0.3, -0.25) is 24.6 Å². The van der Waals surface area contributed by atoms with Gasteiger partial charge in [0.15, 0.2) is 11.5 Å². The van der Waals surface area contributed by atoms with Crippen LogP contribution in [0.4, 0.5) is 14.9 Å². The van der Waals surface area contributed by atoms with Gasteiger partial charge in [0.05, 0.1) is 23.5 Å². The van der Waals surface area contributed by atoms with Gasteiger partial charge >= 0.3 is 0 Å². The number of non-ortho nitro benzene ring substituents is 1. The molecule has 0 atom stereocenters. The molecule has 3 aromatic rings. The predicted molar refractivity (Wildman–Crippen MR) is 128 cm³/mol. The number of carbonyl (C=O) groups is 2. The summed E-state index contributed by atoms with van der Waals surface area (Å²) in [6.45, 7) is 0.0239. The largest absolute Gasteiger partial charge is 0.493 e. The second-order valence-electron chi connectivity index (χ2n) is 7.48. The van der Waals surface area contributed by atoms with E-state index in [4.69, 9.17) is 9.47 Å². The second-order valence-corrected chi connectivity index (χ2v) is 8.47. The maximum atomic E-state index is 14.0. The highest BCUT2D eigenvalue weighted by Gasteiger charge is 2.35. The van der Waals surface area contributed by atoms with Crippen LogP contribution >= 0.6 is 11.8 Å². The first-order chi connectivity index (χ1) is 16.9. The van der Waals surface area contributed by atoms with Crippen LogP contribution in [0.5, 0.6) is 11.5 Å². The Morgan fingerprint density at radius 2 is 1.80 bits per heavy atom. The lowest BCUT2D eigenvalue weighted by atomic mass is 10.1. The summed E-state index contributed by atoms with van der Waals surface area (Å²) in [5.74, 6) is -0.132. The lowest BCUT2D eigenvalue weighted by Crippen LogP contribution is -2.27. The van der Waals surface area contributed by atoms with E-state index in [0.717, 1.165) is 22.2 Å². The summed E-state index contributed by atoms with van der Waals surface area (Å²) < 4.78 is 25.1. The maximum absolute atomic E-state index is 14.0. The van der Waals surface area contributed by atoms with Crippen LogP contribution in [0.25, 0.3) is 6.08 Å². The summed E-state index contributed by atoms with van der Waals surface area (Å²) in [7, 11) is 1.47. The fraction of sp³-hybridized carbons (Fsp3) is 0.120. The number of nitrogens with zero attached hydrogens (tertiary/aromatic N) is 2. The van der Waals surface area contributed by atoms with E-state index in [9.17, 15) is 24.1 Å². The van der Waals surface area contributed by atoms with Gasteiger partial charge in [-0.1, -0.05) is 24.3 Å². The Bertz CT molecular complexity index is 1330. The predicted octanol–water partition coefficient (Wildman–Crippen LogP) is 5.56. The van der Waals surface area contributed by atoms with Crippen molar-refractivity contribution in [2.75, 3.05) is 7.11 Å². The van der Waals surface area contributed by atoms with Crippen molar-refractivity contribution in [2.45, 2.75) is 13.2 Å². The highest BCUT2D eigenvalue weighted by atomic mass is 32.2. The van der Waals surface area contributed by atoms with Gasteiger partial charge in [-0.05, 0) is 59.3 Å². The van der Waals surface area contributed by atoms with Crippen LogP contribution in [-0.2, 0) is 17.9 Å². The van der Waals surface area contributed by atoms with Crippen molar-refractivity contribution in [1.29, 1.82) is 0 Å². The van der Waals surface area contributed by atoms with E-state index in [2.05, 4.69) is 0 Å². The van der Waals surface area contributed by atoms with Crippen molar-refractivity contribution in [1.82, 2.24) is 4.90 Å². The number of hydrogen-bond donors (Lipinski definition) is 0. The molecule has 8 nitrogen and oxygen atoms in total. The van der Waals surface area contributed by atoms with Crippen molar-refractivity contribution >= 4 is 34.7 Å². The zero-order valence-corrected chi connectivity index (χ0v) is 19.3. The average molecular weight is 495 g/mol. The molecular weight excluding hydrogens is 475 g/mol. The quantitative estimate of drug-likeness (QED) is 0.230. The van der Waals surface area contributed by atoms with Crippen LogP contribution in [0, 0.1) is 15.9 Å². The van der Waals surface area contributed by atoms with Gasteiger partial charge < -0.3 is 9.47 Å². The Kier molecular flexibility index (Phi) is 7.11. The molecule has 2 amide bonds. The number of imide groups is 1. The van der Waals surface area contributed by atoms with Gasteiger partial charge in [-0.2, -0.15) is 0 Å². The molecule has 0 radical (unpaired) electrons. The third-order valence-corrected chi connectivity index (χ3v) is 6.09. The summed E-state index contributed by atoms with van der Waals surface area (Å²) in [4.78, 5) is 36.7. The molecule has 0 aromatic heterocycles. The zero-order valence-electron chi connectivity index (χ0n) is 18.5. The Morgan fingerprint density at radius 3 is 2.49 bits per heavy atom. The van der Waals surface area contributed by atoms with Gasteiger partial charge in [0, 0.05) is 17.7 Å². The first-order valence-corrected chi connectivity index (χ1v) is 11.2. The van der Waals surface area contributed by atoms with Crippen LogP contribution in [0.3, 0.4) is 0 Å². The lowest BCUT2D eigenvalue weighted by Gasteiger charge is -2.13. The minimum absolute atomic E-state index is 0.00555. The van der Waals surface area contributed by atoms with Crippen LogP contribution in [0.15, 0.2) is 71.6 Å². The molecular formula is C25H19FN2O6S. The number of amides is 2. The third kappa shape index (κ3) is 5.49. The number of ether oxygens (including phenoxy) is 2. The fourth-order valence-electron chi connectivity index (χ4n) is 3.35. The van der Waals surface area contributed by atoms with Gasteiger partial charge in [-0.15, -0.1) is 0 Å². The van der Waals surface area contributed by atoms with E-state index in [1.807, 2.05) is 0 Å². The van der Waals surface area contributed by atoms with Gasteiger partial charge in [-0.25, -0.2) is 4.39 Å². The molecule has 0 spiro atoms. The number of carbonyl (C=O) groups excluding carboxylic acids is 2. The van der Waals surface area contributed by atoms with Crippen molar-refractivity contribution in [3.8, 4) is 11.5 Å². The van der Waals surface area contributed by atoms with Crippen LogP contribution < -0.4 is 9.47 Å². The molecule has 0 saturated carbocycles. The van der Waals surface area contributed by atoms with Crippen LogP contribution in [0.2, 0.25) is 0 Å². The van der Waals surface area contributed by atoms with Crippen LogP contribution in [-0.4, -0.2) is 28.1 Å². The molecule has 10 heteroatoms. The van der Waals surface area contributed by atoms with E-state index >= 15 is 0 Å². The van der Waals surface area contributed by atoms with E-state index < -0.39 is 21.9 Å². The first-order valence-electron chi connectivity index (χ1n) is 10.4. The first kappa shape index (κ1) is 24.0. The molecule has 4 rings (SSSR count). The Morgan fingerprint density at radius 1 is 1.06 bits per heavy atom. The number of hydrogen-bond acceptors (Lipinski definition) is 7. The number of benzene rings is 3. The van der Waals surface area contributed by atoms with E-state index in [-0.39, 0.29) is 29.3 Å². The lowest BCUT2D eigenvalue weighted by molar-refractivity contribution is -0.384. The standard InChI is InChI=1S/C25H19FN2O6S/c1-33-22-12-17(8-11-21(22)34-15-16-6-9-19(10-7-16)28(31)32)13-23-24(29)27(25(30)35-23)14-18-4-2-3-5-20(18)26/h2-13H,14-15H2,1H3/b23-13-. The minimum atomic E-state index is -0.499. The Hall–Kier alpha value is -4.18. The topological polar surface area (TPSA) is 99.0 Å². The molecule has 0 unspecified atom stereocenters. The number of halogens is 1. The number of thioether (sulfide) groups is 1. The maximum Gasteiger partial charge on any atom is 0.293 e. The summed E-state index contributed by atoms with van der Waals surface area (Å²) >= 11 is 0.786. The molecule has 35 heavy (non-hydrogen) atoms. The smallest absolute Gasteiger partial charge is 0.293 e. The molecule has 1 aliphatic heterocycles. The highest BCUT2D eigenvalue weighted by molar-refractivity contribution is 8.18. The molecule has 1 saturated heterocycles. The molecule has 1 aliphatic rings. The molecule has 3 aromatic carbocycles. The number of nitro groups is 1. The Labute approximate surface area is 204 Å². The molecule has 0 aliphatic carbocycles. The number of nitro benzene ring substituents is 1. The second kappa shape index (κ2) is 10.4. The van der Waals surface area contributed by atoms with E-state index in [0.29, 0.717) is 17.1 Å². The van der Waals surface area contributed by atoms with Crippen molar-refractivity contribution in [3.63, 3.8) is 0 Å². The van der Waals surface area contributed by atoms with Crippen molar-refractivity contribution < 1.29 is 28.4 Å². The SMILES string of the molecule is COc1cc(/C=C2\SC(=O)N(Cc3ccccc3F)C2=O)ccc1OCc1ccc([N+](=O)[O-])cc1. The molecule has 1 heterocycles. The average Bonchev–Trinajstić information content (AvgIpc) is 3.11. The minimum Gasteiger partial charge on any atom is -0.493 e. The summed E-state index contributed by atoms with van der Waals surface area (Å²) in [6.07, 6.45) is 1.56.